The average Bonchev–Trinajstić information content (AvgIpc) is 2.24. The number of halogens is 1. The Kier molecular flexibility index (Phi) is 5.09. The molecule has 0 heterocycles. The van der Waals surface area contributed by atoms with Gasteiger partial charge in [-0.15, -0.1) is 0 Å². The van der Waals surface area contributed by atoms with Crippen molar-refractivity contribution in [2.24, 2.45) is 5.41 Å². The maximum atomic E-state index is 3.61. The van der Waals surface area contributed by atoms with E-state index in [1.165, 1.54) is 5.56 Å². The zero-order chi connectivity index (χ0) is 12.0. The summed E-state index contributed by atoms with van der Waals surface area (Å²) in [6.45, 7) is 6.41. The van der Waals surface area contributed by atoms with Gasteiger partial charge in [0.25, 0.3) is 0 Å². The lowest BCUT2D eigenvalue weighted by Crippen LogP contribution is -2.03. The lowest BCUT2D eigenvalue weighted by molar-refractivity contribution is 0.570. The lowest BCUT2D eigenvalue weighted by Gasteiger charge is -2.08. The van der Waals surface area contributed by atoms with E-state index in [0.717, 1.165) is 12.8 Å². The van der Waals surface area contributed by atoms with Gasteiger partial charge in [-0.2, -0.15) is 0 Å². The SMILES string of the molecule is CC(C)(C)C#CC(Br)CCc1ccccc1. The van der Waals surface area contributed by atoms with Crippen LogP contribution in [0.15, 0.2) is 30.3 Å². The van der Waals surface area contributed by atoms with E-state index in [-0.39, 0.29) is 5.41 Å². The van der Waals surface area contributed by atoms with Gasteiger partial charge < -0.3 is 0 Å². The second kappa shape index (κ2) is 6.11. The maximum Gasteiger partial charge on any atom is 0.0758 e. The molecule has 1 unspecified atom stereocenters. The minimum Gasteiger partial charge on any atom is -0.0962 e. The highest BCUT2D eigenvalue weighted by Gasteiger charge is 2.05. The minimum absolute atomic E-state index is 0.0960. The van der Waals surface area contributed by atoms with Crippen LogP contribution in [0, 0.1) is 17.3 Å². The van der Waals surface area contributed by atoms with Crippen LogP contribution >= 0.6 is 15.9 Å². The molecule has 0 amide bonds. The molecular weight excluding hydrogens is 260 g/mol. The number of hydrogen-bond acceptors (Lipinski definition) is 0. The van der Waals surface area contributed by atoms with Crippen LogP contribution in [0.2, 0.25) is 0 Å². The molecule has 0 nitrogen and oxygen atoms in total. The summed E-state index contributed by atoms with van der Waals surface area (Å²) in [5.41, 5.74) is 1.48. The molecule has 1 heteroatoms. The largest absolute Gasteiger partial charge is 0.0962 e. The molecule has 0 aliphatic heterocycles. The fourth-order valence-corrected chi connectivity index (χ4v) is 1.65. The van der Waals surface area contributed by atoms with Gasteiger partial charge in [-0.1, -0.05) is 58.1 Å². The van der Waals surface area contributed by atoms with Gasteiger partial charge in [-0.05, 0) is 39.2 Å². The summed E-state index contributed by atoms with van der Waals surface area (Å²) >= 11 is 3.61. The molecular formula is C15H19Br. The summed E-state index contributed by atoms with van der Waals surface area (Å²) < 4.78 is 0. The first-order valence-electron chi connectivity index (χ1n) is 5.68. The van der Waals surface area contributed by atoms with E-state index in [1.807, 2.05) is 0 Å². The first-order chi connectivity index (χ1) is 7.47. The van der Waals surface area contributed by atoms with E-state index in [2.05, 4.69) is 78.9 Å². The maximum absolute atomic E-state index is 3.61. The fraction of sp³-hybridized carbons (Fsp3) is 0.467. The number of rotatable bonds is 3. The van der Waals surface area contributed by atoms with Gasteiger partial charge in [0.15, 0.2) is 0 Å². The molecule has 1 rings (SSSR count). The third-order valence-corrected chi connectivity index (χ3v) is 2.82. The molecule has 0 saturated heterocycles. The quantitative estimate of drug-likeness (QED) is 0.567. The van der Waals surface area contributed by atoms with Crippen LogP contribution in [0.5, 0.6) is 0 Å². The lowest BCUT2D eigenvalue weighted by atomic mass is 9.97. The zero-order valence-electron chi connectivity index (χ0n) is 10.3. The molecule has 1 aromatic carbocycles. The van der Waals surface area contributed by atoms with Crippen molar-refractivity contribution in [3.8, 4) is 11.8 Å². The van der Waals surface area contributed by atoms with Gasteiger partial charge >= 0.3 is 0 Å². The van der Waals surface area contributed by atoms with E-state index >= 15 is 0 Å². The summed E-state index contributed by atoms with van der Waals surface area (Å²) in [6.07, 6.45) is 2.14. The molecule has 0 fully saturated rings. The first-order valence-corrected chi connectivity index (χ1v) is 6.60. The Morgan fingerprint density at radius 2 is 1.81 bits per heavy atom. The Morgan fingerprint density at radius 3 is 2.38 bits per heavy atom. The molecule has 0 bridgehead atoms. The van der Waals surface area contributed by atoms with Crippen LogP contribution in [0.25, 0.3) is 0 Å². The van der Waals surface area contributed by atoms with E-state index in [1.54, 1.807) is 0 Å². The Labute approximate surface area is 108 Å². The van der Waals surface area contributed by atoms with Crippen molar-refractivity contribution in [3.05, 3.63) is 35.9 Å². The molecule has 0 spiro atoms. The third kappa shape index (κ3) is 5.98. The molecule has 86 valence electrons. The molecule has 1 atom stereocenters. The highest BCUT2D eigenvalue weighted by Crippen LogP contribution is 2.13. The van der Waals surface area contributed by atoms with Gasteiger partial charge in [0.05, 0.1) is 4.83 Å². The van der Waals surface area contributed by atoms with Crippen molar-refractivity contribution in [3.63, 3.8) is 0 Å². The summed E-state index contributed by atoms with van der Waals surface area (Å²) in [5, 5.41) is 0. The van der Waals surface area contributed by atoms with Gasteiger partial charge in [0.1, 0.15) is 0 Å². The van der Waals surface area contributed by atoms with Crippen LogP contribution in [0.4, 0.5) is 0 Å². The Bertz CT molecular complexity index is 362. The fourth-order valence-electron chi connectivity index (χ4n) is 1.31. The second-order valence-corrected chi connectivity index (χ2v) is 6.12. The molecule has 1 aromatic rings. The standard InChI is InChI=1S/C15H19Br/c1-15(2,3)12-11-14(16)10-9-13-7-5-4-6-8-13/h4-8,14H,9-10H2,1-3H3. The van der Waals surface area contributed by atoms with Crippen molar-refractivity contribution in [1.82, 2.24) is 0 Å². The van der Waals surface area contributed by atoms with E-state index in [0.29, 0.717) is 4.83 Å². The molecule has 0 radical (unpaired) electrons. The van der Waals surface area contributed by atoms with Gasteiger partial charge in [0.2, 0.25) is 0 Å². The van der Waals surface area contributed by atoms with Crippen molar-refractivity contribution in [2.75, 3.05) is 0 Å². The van der Waals surface area contributed by atoms with Crippen molar-refractivity contribution < 1.29 is 0 Å². The highest BCUT2D eigenvalue weighted by atomic mass is 79.9. The van der Waals surface area contributed by atoms with Gasteiger partial charge in [-0.3, -0.25) is 0 Å². The summed E-state index contributed by atoms with van der Waals surface area (Å²) in [7, 11) is 0. The third-order valence-electron chi connectivity index (χ3n) is 2.13. The van der Waals surface area contributed by atoms with Crippen molar-refractivity contribution >= 4 is 15.9 Å². The van der Waals surface area contributed by atoms with E-state index < -0.39 is 0 Å². The van der Waals surface area contributed by atoms with E-state index in [9.17, 15) is 0 Å². The molecule has 16 heavy (non-hydrogen) atoms. The summed E-state index contributed by atoms with van der Waals surface area (Å²) in [5.74, 6) is 6.52. The van der Waals surface area contributed by atoms with Crippen LogP contribution in [-0.4, -0.2) is 4.83 Å². The number of aryl methyl sites for hydroxylation is 1. The smallest absolute Gasteiger partial charge is 0.0758 e. The monoisotopic (exact) mass is 278 g/mol. The molecule has 0 aliphatic rings. The zero-order valence-corrected chi connectivity index (χ0v) is 11.8. The number of hydrogen-bond donors (Lipinski definition) is 0. The summed E-state index contributed by atoms with van der Waals surface area (Å²) in [4.78, 5) is 0.298. The molecule has 0 N–H and O–H groups in total. The van der Waals surface area contributed by atoms with Crippen LogP contribution in [0.1, 0.15) is 32.8 Å². The van der Waals surface area contributed by atoms with Crippen molar-refractivity contribution in [1.29, 1.82) is 0 Å². The predicted molar refractivity (Wildman–Crippen MR) is 74.7 cm³/mol. The predicted octanol–water partition coefficient (Wildman–Crippen LogP) is 4.43. The Balaban J connectivity index is 2.41. The first kappa shape index (κ1) is 13.3. The van der Waals surface area contributed by atoms with Crippen LogP contribution in [-0.2, 0) is 6.42 Å². The minimum atomic E-state index is 0.0960. The number of benzene rings is 1. The molecule has 0 saturated carbocycles. The molecule has 0 aromatic heterocycles. The van der Waals surface area contributed by atoms with Gasteiger partial charge in [0, 0.05) is 5.41 Å². The topological polar surface area (TPSA) is 0 Å². The second-order valence-electron chi connectivity index (χ2n) is 5.01. The molecule has 0 aliphatic carbocycles. The Morgan fingerprint density at radius 1 is 1.19 bits per heavy atom. The Hall–Kier alpha value is -0.740. The summed E-state index contributed by atoms with van der Waals surface area (Å²) in [6, 6.07) is 10.5. The van der Waals surface area contributed by atoms with Crippen LogP contribution < -0.4 is 0 Å². The van der Waals surface area contributed by atoms with Crippen molar-refractivity contribution in [2.45, 2.75) is 38.4 Å². The number of alkyl halides is 1. The normalized spacial score (nSPS) is 12.8. The highest BCUT2D eigenvalue weighted by molar-refractivity contribution is 9.09. The van der Waals surface area contributed by atoms with Gasteiger partial charge in [-0.25, -0.2) is 0 Å². The van der Waals surface area contributed by atoms with E-state index in [4.69, 9.17) is 0 Å². The van der Waals surface area contributed by atoms with Crippen LogP contribution in [0.3, 0.4) is 0 Å². The average molecular weight is 279 g/mol.